The van der Waals surface area contributed by atoms with Crippen LogP contribution in [0.25, 0.3) is 0 Å². The first-order valence-corrected chi connectivity index (χ1v) is 6.71. The second-order valence-corrected chi connectivity index (χ2v) is 5.00. The Morgan fingerprint density at radius 3 is 2.83 bits per heavy atom. The maximum Gasteiger partial charge on any atom is 0.293 e. The number of hydrogen-bond donors (Lipinski definition) is 1. The lowest BCUT2D eigenvalue weighted by Crippen LogP contribution is -2.38. The summed E-state index contributed by atoms with van der Waals surface area (Å²) in [4.78, 5) is 18.6. The largest absolute Gasteiger partial charge is 0.363 e. The second kappa shape index (κ2) is 6.00. The van der Waals surface area contributed by atoms with Gasteiger partial charge in [-0.2, -0.15) is 0 Å². The van der Waals surface area contributed by atoms with Crippen LogP contribution in [-0.2, 0) is 6.54 Å². The van der Waals surface area contributed by atoms with Crippen molar-refractivity contribution < 1.29 is 0 Å². The predicted molar refractivity (Wildman–Crippen MR) is 72.9 cm³/mol. The molecule has 0 aromatic carbocycles. The third-order valence-electron chi connectivity index (χ3n) is 3.44. The van der Waals surface area contributed by atoms with Gasteiger partial charge in [0, 0.05) is 25.0 Å². The molecule has 0 aliphatic carbocycles. The molecule has 0 spiro atoms. The standard InChI is InChI=1S/C13H22N4O/c1-3-7-17-10-6-14-12(13(17)18)15-11-4-8-16(2)9-5-11/h6,10-11H,3-5,7-9H2,1-2H3,(H,14,15). The number of nitrogens with zero attached hydrogens (tertiary/aromatic N) is 3. The van der Waals surface area contributed by atoms with E-state index in [0.717, 1.165) is 38.9 Å². The minimum absolute atomic E-state index is 0.00159. The highest BCUT2D eigenvalue weighted by atomic mass is 16.1. The average Bonchev–Trinajstić information content (AvgIpc) is 2.37. The first kappa shape index (κ1) is 13.1. The number of likely N-dealkylation sites (tertiary alicyclic amines) is 1. The molecule has 2 heterocycles. The molecule has 5 heteroatoms. The zero-order valence-electron chi connectivity index (χ0n) is 11.2. The number of aryl methyl sites for hydroxylation is 1. The molecule has 1 aliphatic rings. The van der Waals surface area contributed by atoms with Crippen molar-refractivity contribution in [1.82, 2.24) is 14.5 Å². The van der Waals surface area contributed by atoms with E-state index in [-0.39, 0.29) is 5.56 Å². The quantitative estimate of drug-likeness (QED) is 0.871. The van der Waals surface area contributed by atoms with Gasteiger partial charge in [0.25, 0.3) is 5.56 Å². The lowest BCUT2D eigenvalue weighted by molar-refractivity contribution is 0.263. The topological polar surface area (TPSA) is 50.2 Å². The van der Waals surface area contributed by atoms with Gasteiger partial charge in [0.2, 0.25) is 0 Å². The molecule has 0 amide bonds. The van der Waals surface area contributed by atoms with E-state index in [2.05, 4.69) is 29.2 Å². The van der Waals surface area contributed by atoms with Crippen molar-refractivity contribution in [1.29, 1.82) is 0 Å². The molecule has 1 fully saturated rings. The Labute approximate surface area is 108 Å². The van der Waals surface area contributed by atoms with Crippen LogP contribution in [0.1, 0.15) is 26.2 Å². The van der Waals surface area contributed by atoms with Crippen molar-refractivity contribution in [2.75, 3.05) is 25.5 Å². The van der Waals surface area contributed by atoms with Crippen molar-refractivity contribution in [3.8, 4) is 0 Å². The van der Waals surface area contributed by atoms with Gasteiger partial charge in [0.15, 0.2) is 5.82 Å². The maximum absolute atomic E-state index is 12.1. The van der Waals surface area contributed by atoms with Crippen molar-refractivity contribution in [3.63, 3.8) is 0 Å². The minimum atomic E-state index is -0.00159. The predicted octanol–water partition coefficient (Wildman–Crippen LogP) is 1.16. The monoisotopic (exact) mass is 250 g/mol. The third-order valence-corrected chi connectivity index (χ3v) is 3.44. The molecule has 0 unspecified atom stereocenters. The minimum Gasteiger partial charge on any atom is -0.363 e. The summed E-state index contributed by atoms with van der Waals surface area (Å²) in [5.41, 5.74) is -0.00159. The highest BCUT2D eigenvalue weighted by Crippen LogP contribution is 2.11. The lowest BCUT2D eigenvalue weighted by atomic mass is 10.1. The van der Waals surface area contributed by atoms with E-state index < -0.39 is 0 Å². The van der Waals surface area contributed by atoms with Crippen LogP contribution >= 0.6 is 0 Å². The molecule has 1 aromatic rings. The van der Waals surface area contributed by atoms with E-state index in [1.807, 2.05) is 0 Å². The maximum atomic E-state index is 12.1. The normalized spacial score (nSPS) is 17.9. The van der Waals surface area contributed by atoms with Crippen LogP contribution in [0.2, 0.25) is 0 Å². The van der Waals surface area contributed by atoms with Gasteiger partial charge >= 0.3 is 0 Å². The summed E-state index contributed by atoms with van der Waals surface area (Å²) in [5, 5.41) is 3.30. The highest BCUT2D eigenvalue weighted by molar-refractivity contribution is 5.32. The molecule has 1 N–H and O–H groups in total. The number of piperidine rings is 1. The van der Waals surface area contributed by atoms with Gasteiger partial charge < -0.3 is 14.8 Å². The molecule has 0 saturated carbocycles. The number of nitrogens with one attached hydrogen (secondary N) is 1. The Hall–Kier alpha value is -1.36. The van der Waals surface area contributed by atoms with E-state index in [1.165, 1.54) is 0 Å². The number of hydrogen-bond acceptors (Lipinski definition) is 4. The van der Waals surface area contributed by atoms with Crippen LogP contribution in [0.3, 0.4) is 0 Å². The van der Waals surface area contributed by atoms with Crippen LogP contribution in [0.15, 0.2) is 17.2 Å². The van der Waals surface area contributed by atoms with Gasteiger partial charge in [0.1, 0.15) is 0 Å². The molecule has 100 valence electrons. The van der Waals surface area contributed by atoms with Crippen LogP contribution in [0.5, 0.6) is 0 Å². The molecular weight excluding hydrogens is 228 g/mol. The van der Waals surface area contributed by atoms with Gasteiger partial charge in [-0.15, -0.1) is 0 Å². The molecular formula is C13H22N4O. The van der Waals surface area contributed by atoms with Crippen molar-refractivity contribution >= 4 is 5.82 Å². The summed E-state index contributed by atoms with van der Waals surface area (Å²) in [6, 6.07) is 0.374. The molecule has 0 radical (unpaired) electrons. The van der Waals surface area contributed by atoms with E-state index in [1.54, 1.807) is 17.0 Å². The Kier molecular flexibility index (Phi) is 4.36. The molecule has 18 heavy (non-hydrogen) atoms. The van der Waals surface area contributed by atoms with Gasteiger partial charge in [-0.05, 0) is 39.4 Å². The summed E-state index contributed by atoms with van der Waals surface area (Å²) in [5.74, 6) is 0.500. The molecule has 1 aromatic heterocycles. The molecule has 2 rings (SSSR count). The smallest absolute Gasteiger partial charge is 0.293 e. The summed E-state index contributed by atoms with van der Waals surface area (Å²) < 4.78 is 1.73. The molecule has 5 nitrogen and oxygen atoms in total. The van der Waals surface area contributed by atoms with Crippen LogP contribution in [0.4, 0.5) is 5.82 Å². The zero-order chi connectivity index (χ0) is 13.0. The second-order valence-electron chi connectivity index (χ2n) is 5.00. The summed E-state index contributed by atoms with van der Waals surface area (Å²) >= 11 is 0. The van der Waals surface area contributed by atoms with Gasteiger partial charge in [0.05, 0.1) is 0 Å². The van der Waals surface area contributed by atoms with Gasteiger partial charge in [-0.25, -0.2) is 4.98 Å². The summed E-state index contributed by atoms with van der Waals surface area (Å²) in [6.45, 7) is 4.97. The Bertz CT molecular complexity index is 435. The van der Waals surface area contributed by atoms with E-state index in [9.17, 15) is 4.79 Å². The number of anilines is 1. The first-order chi connectivity index (χ1) is 8.70. The fourth-order valence-corrected chi connectivity index (χ4v) is 2.31. The first-order valence-electron chi connectivity index (χ1n) is 6.71. The van der Waals surface area contributed by atoms with Crippen LogP contribution in [-0.4, -0.2) is 40.6 Å². The van der Waals surface area contributed by atoms with E-state index in [0.29, 0.717) is 11.9 Å². The van der Waals surface area contributed by atoms with Crippen molar-refractivity contribution in [2.24, 2.45) is 0 Å². The Morgan fingerprint density at radius 1 is 1.44 bits per heavy atom. The number of rotatable bonds is 4. The van der Waals surface area contributed by atoms with E-state index >= 15 is 0 Å². The van der Waals surface area contributed by atoms with Gasteiger partial charge in [-0.3, -0.25) is 4.79 Å². The lowest BCUT2D eigenvalue weighted by Gasteiger charge is -2.29. The third kappa shape index (κ3) is 3.10. The van der Waals surface area contributed by atoms with Crippen molar-refractivity contribution in [2.45, 2.75) is 38.8 Å². The molecule has 1 saturated heterocycles. The summed E-state index contributed by atoms with van der Waals surface area (Å²) in [6.07, 6.45) is 6.55. The average molecular weight is 250 g/mol. The molecule has 1 aliphatic heterocycles. The highest BCUT2D eigenvalue weighted by Gasteiger charge is 2.18. The summed E-state index contributed by atoms with van der Waals surface area (Å²) in [7, 11) is 2.13. The fourth-order valence-electron chi connectivity index (χ4n) is 2.31. The Morgan fingerprint density at radius 2 is 2.17 bits per heavy atom. The fraction of sp³-hybridized carbons (Fsp3) is 0.692. The van der Waals surface area contributed by atoms with E-state index in [4.69, 9.17) is 0 Å². The SMILES string of the molecule is CCCn1ccnc(NC2CCN(C)CC2)c1=O. The van der Waals surface area contributed by atoms with Gasteiger partial charge in [-0.1, -0.05) is 6.92 Å². The number of aromatic nitrogens is 2. The van der Waals surface area contributed by atoms with Crippen LogP contribution < -0.4 is 10.9 Å². The molecule has 0 atom stereocenters. The zero-order valence-corrected chi connectivity index (χ0v) is 11.2. The molecule has 0 bridgehead atoms. The van der Waals surface area contributed by atoms with Crippen LogP contribution in [0, 0.1) is 0 Å². The van der Waals surface area contributed by atoms with Crippen molar-refractivity contribution in [3.05, 3.63) is 22.7 Å². The Balaban J connectivity index is 2.05.